The highest BCUT2D eigenvalue weighted by Crippen LogP contribution is 2.37. The summed E-state index contributed by atoms with van der Waals surface area (Å²) < 4.78 is 84.7. The van der Waals surface area contributed by atoms with Crippen LogP contribution in [0.2, 0.25) is 0 Å². The molecule has 4 aliphatic rings. The summed E-state index contributed by atoms with van der Waals surface area (Å²) in [5.41, 5.74) is -1.00. The van der Waals surface area contributed by atoms with Gasteiger partial charge in [-0.05, 0) is 109 Å². The molecular weight excluding hydrogens is 1830 g/mol. The van der Waals surface area contributed by atoms with E-state index in [9.17, 15) is 95.9 Å². The molecule has 0 aromatic rings. The zero-order valence-corrected chi connectivity index (χ0v) is 83.2. The average molecular weight is 1980 g/mol. The molecule has 45 nitrogen and oxygen atoms in total. The van der Waals surface area contributed by atoms with Crippen molar-refractivity contribution in [3.8, 4) is 0 Å². The van der Waals surface area contributed by atoms with Crippen LogP contribution >= 0.6 is 0 Å². The summed E-state index contributed by atoms with van der Waals surface area (Å²) in [7, 11) is 0. The number of carbonyl (C=O) groups is 20. The minimum atomic E-state index is -1.31. The third kappa shape index (κ3) is 49.4. The second-order valence-electron chi connectivity index (χ2n) is 35.7. The van der Waals surface area contributed by atoms with E-state index in [-0.39, 0.29) is 143 Å². The SMILES string of the molecule is CC(=O)NC1C(OCCCCC(=O)NCCCCCC(=O)NCC(CNC(=O)CCCCCNC(=O)CCCCOC2OC(COC(C)=O)C(OC(C)=O)C(OC(C)=O)C2NC(C)=O)(CNC(=O)CCCCCNC(=O)CCCCOC2OC(COC(C)=O)C(OC(C)=O)C(OC(C)=O)C2NC(C)=O)C2CCN(C(=O)CCCCCC(=O)C(C)C)CC2)OC(COC(C)=O)C(OC(C)=O)C1OC(C)=O. The van der Waals surface area contributed by atoms with Crippen LogP contribution in [0.3, 0.4) is 0 Å². The van der Waals surface area contributed by atoms with Crippen LogP contribution in [0, 0.1) is 17.3 Å². The standard InChI is InChI=1S/C94H152N10O35/c1-57(2)71(117)33-19-15-23-40-81(124)104-46-41-70(42-47-104)94(54-98-78(121)34-20-16-27-43-95-75(118)37-24-30-48-125-91-82(101-58(3)105)88(134-67(12)114)85(131-64(9)111)72(137-91)51-128-61(6)108,55-99-79(122)35-21-17-28-44-96-76(119)38-25-31-49-126-92-83(102-59(4)106)89(135-68(13)115)86(132-65(10)112)73(138-92)52-129-62(7)109)56-100-80(123)36-22-18-29-45-97-77(120)39-26-32-50-127-93-84(103-60(5)107)90(136-69(14)116)87(133-66(11)113)74(139-93)53-130-63(8)110/h57,70,72-74,82-93H,15-56H2,1-14H3,(H,95,118)(H,96,119)(H,97,120)(H,98,121)(H,99,122)(H,100,123)(H,101,105)(H,102,106)(H,103,107). The van der Waals surface area contributed by atoms with Gasteiger partial charge < -0.3 is 124 Å². The molecule has 4 fully saturated rings. The summed E-state index contributed by atoms with van der Waals surface area (Å²) in [5.74, 6) is -10.1. The zero-order valence-electron chi connectivity index (χ0n) is 83.2. The van der Waals surface area contributed by atoms with Crippen molar-refractivity contribution in [1.82, 2.24) is 52.8 Å². The predicted octanol–water partition coefficient (Wildman–Crippen LogP) is 3.29. The van der Waals surface area contributed by atoms with Gasteiger partial charge in [-0.2, -0.15) is 0 Å². The lowest BCUT2D eigenvalue weighted by Gasteiger charge is -2.45. The molecule has 0 bridgehead atoms. The maximum absolute atomic E-state index is 14.1. The summed E-state index contributed by atoms with van der Waals surface area (Å²) >= 11 is 0. The zero-order chi connectivity index (χ0) is 103. The second kappa shape index (κ2) is 66.1. The van der Waals surface area contributed by atoms with E-state index in [0.29, 0.717) is 168 Å². The average Bonchev–Trinajstić information content (AvgIpc) is 0.685. The fraction of sp³-hybridized carbons (Fsp3) is 0.787. The van der Waals surface area contributed by atoms with Crippen LogP contribution in [0.5, 0.6) is 0 Å². The first-order valence-electron chi connectivity index (χ1n) is 48.4. The first kappa shape index (κ1) is 121. The molecular formula is C94H152N10O35. The van der Waals surface area contributed by atoms with E-state index in [0.717, 1.165) is 62.3 Å². The number of hydrogen-bond donors (Lipinski definition) is 9. The summed E-state index contributed by atoms with van der Waals surface area (Å²) in [5, 5.41) is 26.0. The number of Topliss-reactive ketones (excluding diaryl/α,β-unsaturated/α-hetero) is 1. The van der Waals surface area contributed by atoms with Crippen molar-refractivity contribution in [2.24, 2.45) is 17.3 Å². The van der Waals surface area contributed by atoms with Gasteiger partial charge in [0.05, 0.1) is 0 Å². The molecule has 4 rings (SSSR count). The fourth-order valence-electron chi connectivity index (χ4n) is 16.4. The van der Waals surface area contributed by atoms with E-state index >= 15 is 0 Å². The van der Waals surface area contributed by atoms with Gasteiger partial charge in [-0.1, -0.05) is 39.5 Å². The van der Waals surface area contributed by atoms with E-state index in [2.05, 4.69) is 47.9 Å². The number of carbonyl (C=O) groups excluding carboxylic acids is 20. The van der Waals surface area contributed by atoms with Crippen LogP contribution in [0.1, 0.15) is 277 Å². The number of amides is 10. The number of ketones is 1. The molecule has 45 heteroatoms. The van der Waals surface area contributed by atoms with E-state index < -0.39 is 189 Å². The van der Waals surface area contributed by atoms with Crippen LogP contribution in [0.25, 0.3) is 0 Å². The number of nitrogens with one attached hydrogen (secondary N) is 9. The number of unbranched alkanes of at least 4 members (excludes halogenated alkanes) is 11. The van der Waals surface area contributed by atoms with Gasteiger partial charge in [0.15, 0.2) is 55.5 Å². The Kier molecular flexibility index (Phi) is 57.4. The summed E-state index contributed by atoms with van der Waals surface area (Å²) in [6, 6.07) is -3.49. The normalized spacial score (nSPS) is 22.2. The number of ether oxygens (including phenoxy) is 15. The Morgan fingerprint density at radius 2 is 0.554 bits per heavy atom. The molecule has 15 atom stereocenters. The number of hydrogen-bond acceptors (Lipinski definition) is 35. The van der Waals surface area contributed by atoms with Crippen LogP contribution in [0.15, 0.2) is 0 Å². The fourth-order valence-corrected chi connectivity index (χ4v) is 16.4. The quantitative estimate of drug-likeness (QED) is 0.0240. The van der Waals surface area contributed by atoms with Gasteiger partial charge in [-0.15, -0.1) is 0 Å². The number of likely N-dealkylation sites (tertiary alicyclic amines) is 1. The molecule has 788 valence electrons. The summed E-state index contributed by atoms with van der Waals surface area (Å²) in [6.07, 6.45) is -4.37. The summed E-state index contributed by atoms with van der Waals surface area (Å²) in [6.45, 7) is 18.1. The monoisotopic (exact) mass is 1980 g/mol. The molecule has 0 saturated carbocycles. The van der Waals surface area contributed by atoms with Crippen molar-refractivity contribution < 1.29 is 167 Å². The van der Waals surface area contributed by atoms with Gasteiger partial charge in [-0.25, -0.2) is 0 Å². The Morgan fingerprint density at radius 1 is 0.302 bits per heavy atom. The van der Waals surface area contributed by atoms with Crippen molar-refractivity contribution in [1.29, 1.82) is 0 Å². The first-order chi connectivity index (χ1) is 66.0. The van der Waals surface area contributed by atoms with Crippen molar-refractivity contribution in [2.75, 3.05) is 92.0 Å². The highest BCUT2D eigenvalue weighted by atomic mass is 16.7. The Labute approximate surface area is 812 Å². The Morgan fingerprint density at radius 3 is 0.820 bits per heavy atom. The molecule has 0 radical (unpaired) electrons. The summed E-state index contributed by atoms with van der Waals surface area (Å²) in [4.78, 5) is 255. The van der Waals surface area contributed by atoms with Crippen LogP contribution in [-0.4, -0.2) is 307 Å². The van der Waals surface area contributed by atoms with E-state index in [1.54, 1.807) is 4.90 Å². The Hall–Kier alpha value is -10.6. The third-order valence-electron chi connectivity index (χ3n) is 23.2. The highest BCUT2D eigenvalue weighted by molar-refractivity contribution is 5.82. The molecule has 4 saturated heterocycles. The lowest BCUT2D eigenvalue weighted by atomic mass is 9.70. The van der Waals surface area contributed by atoms with Gasteiger partial charge in [0, 0.05) is 218 Å². The molecule has 0 aromatic carbocycles. The lowest BCUT2D eigenvalue weighted by Crippen LogP contribution is -2.66. The van der Waals surface area contributed by atoms with Crippen molar-refractivity contribution in [2.45, 2.75) is 369 Å². The molecule has 0 spiro atoms. The molecule has 10 amide bonds. The van der Waals surface area contributed by atoms with E-state index in [4.69, 9.17) is 71.1 Å². The van der Waals surface area contributed by atoms with Crippen molar-refractivity contribution in [3.63, 3.8) is 0 Å². The van der Waals surface area contributed by atoms with Gasteiger partial charge in [0.25, 0.3) is 0 Å². The molecule has 9 N–H and O–H groups in total. The van der Waals surface area contributed by atoms with E-state index in [1.165, 1.54) is 20.8 Å². The third-order valence-corrected chi connectivity index (χ3v) is 23.2. The molecule has 0 aliphatic carbocycles. The van der Waals surface area contributed by atoms with Crippen LogP contribution in [-0.2, 0) is 167 Å². The Bertz CT molecular complexity index is 3640. The molecule has 15 unspecified atom stereocenters. The smallest absolute Gasteiger partial charge is 0.303 e. The molecule has 0 aromatic heterocycles. The van der Waals surface area contributed by atoms with E-state index in [1.807, 2.05) is 13.8 Å². The number of rotatable bonds is 65. The Balaban J connectivity index is 1.42. The topological polar surface area (TPSA) is 591 Å². The maximum Gasteiger partial charge on any atom is 0.303 e. The van der Waals surface area contributed by atoms with Gasteiger partial charge in [0.1, 0.15) is 62.0 Å². The molecule has 139 heavy (non-hydrogen) atoms. The van der Waals surface area contributed by atoms with Crippen LogP contribution in [0.4, 0.5) is 0 Å². The largest absolute Gasteiger partial charge is 0.463 e. The first-order valence-corrected chi connectivity index (χ1v) is 48.4. The predicted molar refractivity (Wildman–Crippen MR) is 490 cm³/mol. The number of piperidine rings is 1. The molecule has 4 heterocycles. The molecule has 4 aliphatic heterocycles. The maximum atomic E-state index is 14.1. The number of nitrogens with zero attached hydrogens (tertiary/aromatic N) is 1. The van der Waals surface area contributed by atoms with Crippen LogP contribution < -0.4 is 47.9 Å². The van der Waals surface area contributed by atoms with Gasteiger partial charge in [0.2, 0.25) is 59.1 Å². The van der Waals surface area contributed by atoms with Gasteiger partial charge in [-0.3, -0.25) is 95.9 Å². The lowest BCUT2D eigenvalue weighted by molar-refractivity contribution is -0.277. The minimum Gasteiger partial charge on any atom is -0.463 e. The minimum absolute atomic E-state index is 0.00397. The van der Waals surface area contributed by atoms with Crippen molar-refractivity contribution >= 4 is 119 Å². The highest BCUT2D eigenvalue weighted by Gasteiger charge is 2.55. The second-order valence-corrected chi connectivity index (χ2v) is 35.7. The van der Waals surface area contributed by atoms with Gasteiger partial charge >= 0.3 is 53.7 Å². The van der Waals surface area contributed by atoms with Crippen molar-refractivity contribution in [3.05, 3.63) is 0 Å². The number of esters is 9.